The monoisotopic (exact) mass is 327 g/mol. The van der Waals surface area contributed by atoms with Gasteiger partial charge in [0.15, 0.2) is 0 Å². The molecule has 2 amide bonds. The number of carbonyl (C=O) groups excluding carboxylic acids is 2. The van der Waals surface area contributed by atoms with E-state index in [4.69, 9.17) is 0 Å². The number of benzene rings is 1. The number of rotatable bonds is 4. The zero-order valence-electron chi connectivity index (χ0n) is 12.5. The molecular weight excluding hydrogens is 311 g/mol. The molecule has 0 spiro atoms. The number of hydrogen-bond donors (Lipinski definition) is 0. The Morgan fingerprint density at radius 3 is 2.48 bits per heavy atom. The summed E-state index contributed by atoms with van der Waals surface area (Å²) in [4.78, 5) is 24.9. The maximum atomic E-state index is 12.5. The largest absolute Gasteiger partial charge is 0.406 e. The molecule has 0 unspecified atom stereocenters. The Kier molecular flexibility index (Phi) is 5.02. The van der Waals surface area contributed by atoms with Crippen LogP contribution in [0.15, 0.2) is 35.4 Å². The van der Waals surface area contributed by atoms with Gasteiger partial charge in [0.1, 0.15) is 12.3 Å². The van der Waals surface area contributed by atoms with Gasteiger partial charge in [0.05, 0.1) is 5.69 Å². The summed E-state index contributed by atoms with van der Waals surface area (Å²) >= 11 is 0. The number of carbonyl (C=O) groups is 2. The Morgan fingerprint density at radius 1 is 1.26 bits per heavy atom. The maximum Gasteiger partial charge on any atom is 0.406 e. The lowest BCUT2D eigenvalue weighted by Gasteiger charge is -2.27. The van der Waals surface area contributed by atoms with Gasteiger partial charge in [0.25, 0.3) is 5.91 Å². The number of nitrogens with zero attached hydrogens (tertiary/aromatic N) is 3. The second-order valence-corrected chi connectivity index (χ2v) is 5.02. The van der Waals surface area contributed by atoms with Crippen molar-refractivity contribution in [2.45, 2.75) is 25.9 Å². The molecule has 1 aromatic carbocycles. The minimum atomic E-state index is -4.48. The zero-order valence-corrected chi connectivity index (χ0v) is 12.5. The van der Waals surface area contributed by atoms with Crippen LogP contribution >= 0.6 is 0 Å². The van der Waals surface area contributed by atoms with Crippen LogP contribution in [0.4, 0.5) is 18.9 Å². The van der Waals surface area contributed by atoms with Crippen molar-refractivity contribution in [2.24, 2.45) is 5.10 Å². The molecule has 23 heavy (non-hydrogen) atoms. The van der Waals surface area contributed by atoms with E-state index in [9.17, 15) is 22.8 Å². The minimum Gasteiger partial charge on any atom is -0.329 e. The standard InChI is InChI=1S/C15H16F3N3O2/c1-2-20(10-15(16,17)18)14(23)12-8-9-13(22)21(19-12)11-6-4-3-5-7-11/h3-7H,2,8-10H2,1H3. The first-order valence-corrected chi connectivity index (χ1v) is 7.13. The van der Waals surface area contributed by atoms with Crippen LogP contribution in [0.3, 0.4) is 0 Å². The van der Waals surface area contributed by atoms with E-state index in [-0.39, 0.29) is 31.0 Å². The van der Waals surface area contributed by atoms with Gasteiger partial charge in [-0.1, -0.05) is 18.2 Å². The zero-order chi connectivity index (χ0) is 17.0. The third-order valence-corrected chi connectivity index (χ3v) is 3.32. The van der Waals surface area contributed by atoms with Crippen molar-refractivity contribution < 1.29 is 22.8 Å². The van der Waals surface area contributed by atoms with Gasteiger partial charge in [0.2, 0.25) is 5.91 Å². The smallest absolute Gasteiger partial charge is 0.329 e. The maximum absolute atomic E-state index is 12.5. The molecule has 0 N–H and O–H groups in total. The number of para-hydroxylation sites is 1. The molecule has 1 aromatic rings. The minimum absolute atomic E-state index is 0.0308. The van der Waals surface area contributed by atoms with Gasteiger partial charge >= 0.3 is 6.18 Å². The molecule has 1 aliphatic heterocycles. The molecule has 1 aliphatic rings. The number of hydrazone groups is 1. The molecule has 0 radical (unpaired) electrons. The summed E-state index contributed by atoms with van der Waals surface area (Å²) in [6, 6.07) is 8.45. The van der Waals surface area contributed by atoms with Crippen LogP contribution in [0.5, 0.6) is 0 Å². The van der Waals surface area contributed by atoms with Crippen molar-refractivity contribution in [2.75, 3.05) is 18.1 Å². The second-order valence-electron chi connectivity index (χ2n) is 5.02. The molecule has 0 saturated heterocycles. The van der Waals surface area contributed by atoms with Crippen molar-refractivity contribution in [3.05, 3.63) is 30.3 Å². The molecule has 0 saturated carbocycles. The van der Waals surface area contributed by atoms with Crippen molar-refractivity contribution in [1.82, 2.24) is 4.90 Å². The first kappa shape index (κ1) is 17.0. The topological polar surface area (TPSA) is 53.0 Å². The highest BCUT2D eigenvalue weighted by atomic mass is 19.4. The molecule has 2 rings (SSSR count). The summed E-state index contributed by atoms with van der Waals surface area (Å²) in [6.45, 7) is 0.0461. The Balaban J connectivity index is 2.24. The summed E-state index contributed by atoms with van der Waals surface area (Å²) in [5.74, 6) is -1.09. The summed E-state index contributed by atoms with van der Waals surface area (Å²) in [6.07, 6.45) is -4.41. The van der Waals surface area contributed by atoms with E-state index in [0.29, 0.717) is 10.6 Å². The van der Waals surface area contributed by atoms with Gasteiger partial charge in [-0.15, -0.1) is 0 Å². The number of halogens is 3. The van der Waals surface area contributed by atoms with Gasteiger partial charge in [-0.25, -0.2) is 5.01 Å². The quantitative estimate of drug-likeness (QED) is 0.853. The number of hydrogen-bond acceptors (Lipinski definition) is 3. The van der Waals surface area contributed by atoms with Crippen LogP contribution in [0.25, 0.3) is 0 Å². The molecule has 1 heterocycles. The lowest BCUT2D eigenvalue weighted by molar-refractivity contribution is -0.156. The van der Waals surface area contributed by atoms with Gasteiger partial charge in [-0.2, -0.15) is 18.3 Å². The van der Waals surface area contributed by atoms with E-state index in [1.807, 2.05) is 0 Å². The lowest BCUT2D eigenvalue weighted by Crippen LogP contribution is -2.45. The first-order valence-electron chi connectivity index (χ1n) is 7.13. The molecule has 0 bridgehead atoms. The normalized spacial score (nSPS) is 15.4. The number of anilines is 1. The first-order chi connectivity index (χ1) is 10.8. The van der Waals surface area contributed by atoms with Crippen molar-refractivity contribution >= 4 is 23.2 Å². The highest BCUT2D eigenvalue weighted by molar-refractivity contribution is 6.40. The van der Waals surface area contributed by atoms with Crippen LogP contribution in [0, 0.1) is 0 Å². The fraction of sp³-hybridized carbons (Fsp3) is 0.400. The third kappa shape index (κ3) is 4.30. The summed E-state index contributed by atoms with van der Waals surface area (Å²) < 4.78 is 37.6. The highest BCUT2D eigenvalue weighted by Crippen LogP contribution is 2.21. The molecule has 0 aliphatic carbocycles. The molecular formula is C15H16F3N3O2. The van der Waals surface area contributed by atoms with Crippen molar-refractivity contribution in [3.8, 4) is 0 Å². The predicted molar refractivity (Wildman–Crippen MR) is 78.9 cm³/mol. The Bertz CT molecular complexity index is 614. The van der Waals surface area contributed by atoms with E-state index in [1.165, 1.54) is 6.92 Å². The highest BCUT2D eigenvalue weighted by Gasteiger charge is 2.35. The van der Waals surface area contributed by atoms with E-state index in [2.05, 4.69) is 5.10 Å². The van der Waals surface area contributed by atoms with Crippen LogP contribution in [-0.2, 0) is 9.59 Å². The van der Waals surface area contributed by atoms with E-state index >= 15 is 0 Å². The van der Waals surface area contributed by atoms with Crippen LogP contribution in [0.1, 0.15) is 19.8 Å². The fourth-order valence-electron chi connectivity index (χ4n) is 2.20. The Morgan fingerprint density at radius 2 is 1.91 bits per heavy atom. The van der Waals surface area contributed by atoms with Gasteiger partial charge < -0.3 is 4.90 Å². The summed E-state index contributed by atoms with van der Waals surface area (Å²) in [7, 11) is 0. The van der Waals surface area contributed by atoms with Gasteiger partial charge in [-0.05, 0) is 19.1 Å². The van der Waals surface area contributed by atoms with E-state index < -0.39 is 18.6 Å². The SMILES string of the molecule is CCN(CC(F)(F)F)C(=O)C1=NN(c2ccccc2)C(=O)CC1. The third-order valence-electron chi connectivity index (χ3n) is 3.32. The van der Waals surface area contributed by atoms with Crippen molar-refractivity contribution in [3.63, 3.8) is 0 Å². The fourth-order valence-corrected chi connectivity index (χ4v) is 2.20. The van der Waals surface area contributed by atoms with E-state index in [0.717, 1.165) is 5.01 Å². The number of amides is 2. The average molecular weight is 327 g/mol. The molecule has 0 atom stereocenters. The Labute approximate surface area is 131 Å². The molecule has 0 aromatic heterocycles. The summed E-state index contributed by atoms with van der Waals surface area (Å²) in [5.41, 5.74) is 0.431. The molecule has 8 heteroatoms. The van der Waals surface area contributed by atoms with Crippen LogP contribution < -0.4 is 5.01 Å². The van der Waals surface area contributed by atoms with Crippen molar-refractivity contribution in [1.29, 1.82) is 0 Å². The molecule has 124 valence electrons. The molecule has 0 fully saturated rings. The predicted octanol–water partition coefficient (Wildman–Crippen LogP) is 2.58. The Hall–Kier alpha value is -2.38. The number of alkyl halides is 3. The summed E-state index contributed by atoms with van der Waals surface area (Å²) in [5, 5.41) is 5.04. The van der Waals surface area contributed by atoms with Crippen LogP contribution in [-0.4, -0.2) is 41.7 Å². The van der Waals surface area contributed by atoms with Gasteiger partial charge in [0, 0.05) is 19.4 Å². The second kappa shape index (κ2) is 6.80. The average Bonchev–Trinajstić information content (AvgIpc) is 2.52. The lowest BCUT2D eigenvalue weighted by atomic mass is 10.1. The van der Waals surface area contributed by atoms with Crippen LogP contribution in [0.2, 0.25) is 0 Å². The van der Waals surface area contributed by atoms with E-state index in [1.54, 1.807) is 30.3 Å². The van der Waals surface area contributed by atoms with Gasteiger partial charge in [-0.3, -0.25) is 9.59 Å². The molecule has 5 nitrogen and oxygen atoms in total.